The second kappa shape index (κ2) is 8.73. The first-order valence-electron chi connectivity index (χ1n) is 7.93. The topological polar surface area (TPSA) is 84.9 Å². The van der Waals surface area contributed by atoms with Crippen LogP contribution in [-0.4, -0.2) is 36.7 Å². The number of ether oxygens (including phenoxy) is 2. The Balaban J connectivity index is 2.14. The molecule has 2 rings (SSSR count). The van der Waals surface area contributed by atoms with Crippen molar-refractivity contribution in [2.24, 2.45) is 0 Å². The highest BCUT2D eigenvalue weighted by Gasteiger charge is 2.21. The van der Waals surface area contributed by atoms with Crippen molar-refractivity contribution in [3.63, 3.8) is 0 Å². The van der Waals surface area contributed by atoms with Crippen molar-refractivity contribution in [3.05, 3.63) is 59.7 Å². The lowest BCUT2D eigenvalue weighted by molar-refractivity contribution is -0.139. The monoisotopic (exact) mass is 343 g/mol. The lowest BCUT2D eigenvalue weighted by Gasteiger charge is -2.16. The molecule has 0 fully saturated rings. The van der Waals surface area contributed by atoms with E-state index in [1.807, 2.05) is 37.3 Å². The molecule has 2 N–H and O–H groups in total. The van der Waals surface area contributed by atoms with E-state index in [0.717, 1.165) is 5.56 Å². The Kier molecular flexibility index (Phi) is 6.39. The number of carbonyl (C=O) groups is 2. The van der Waals surface area contributed by atoms with Crippen LogP contribution in [0.4, 0.5) is 0 Å². The first-order valence-corrected chi connectivity index (χ1v) is 7.93. The van der Waals surface area contributed by atoms with Crippen molar-refractivity contribution < 1.29 is 24.2 Å². The summed E-state index contributed by atoms with van der Waals surface area (Å²) in [4.78, 5) is 23.9. The molecule has 0 saturated carbocycles. The molecular formula is C19H21NO5. The Morgan fingerprint density at radius 1 is 1.12 bits per heavy atom. The third-order valence-corrected chi connectivity index (χ3v) is 3.61. The number of carbonyl (C=O) groups excluding carboxylic acids is 1. The van der Waals surface area contributed by atoms with Crippen LogP contribution in [0.3, 0.4) is 0 Å². The number of carboxylic acids is 1. The van der Waals surface area contributed by atoms with Gasteiger partial charge in [-0.05, 0) is 30.7 Å². The van der Waals surface area contributed by atoms with Crippen molar-refractivity contribution >= 4 is 11.9 Å². The highest BCUT2D eigenvalue weighted by molar-refractivity contribution is 5.97. The van der Waals surface area contributed by atoms with Gasteiger partial charge in [0.25, 0.3) is 5.91 Å². The van der Waals surface area contributed by atoms with Crippen LogP contribution in [-0.2, 0) is 11.2 Å². The predicted molar refractivity (Wildman–Crippen MR) is 93.2 cm³/mol. The molecule has 0 aliphatic rings. The fraction of sp³-hybridized carbons (Fsp3) is 0.263. The molecule has 1 unspecified atom stereocenters. The van der Waals surface area contributed by atoms with Crippen LogP contribution >= 0.6 is 0 Å². The summed E-state index contributed by atoms with van der Waals surface area (Å²) in [5.74, 6) is -0.621. The van der Waals surface area contributed by atoms with Crippen LogP contribution in [0.2, 0.25) is 0 Å². The fourth-order valence-corrected chi connectivity index (χ4v) is 2.38. The average Bonchev–Trinajstić information content (AvgIpc) is 2.62. The molecule has 0 aliphatic heterocycles. The SMILES string of the molecule is CCOc1ccc(C(=O)NC(Cc2ccccc2)C(=O)O)cc1OC. The predicted octanol–water partition coefficient (Wildman–Crippen LogP) is 2.52. The summed E-state index contributed by atoms with van der Waals surface area (Å²) in [6.45, 7) is 2.32. The number of hydrogen-bond acceptors (Lipinski definition) is 4. The summed E-state index contributed by atoms with van der Waals surface area (Å²) in [6.07, 6.45) is 0.204. The van der Waals surface area contributed by atoms with Crippen LogP contribution in [0.5, 0.6) is 11.5 Å². The molecule has 0 aromatic heterocycles. The van der Waals surface area contributed by atoms with Crippen molar-refractivity contribution in [1.29, 1.82) is 0 Å². The number of rotatable bonds is 8. The van der Waals surface area contributed by atoms with Crippen molar-refractivity contribution in [2.45, 2.75) is 19.4 Å². The molecule has 0 saturated heterocycles. The maximum Gasteiger partial charge on any atom is 0.326 e. The summed E-state index contributed by atoms with van der Waals surface area (Å²) in [6, 6.07) is 12.9. The van der Waals surface area contributed by atoms with E-state index in [4.69, 9.17) is 9.47 Å². The van der Waals surface area contributed by atoms with Gasteiger partial charge in [0.15, 0.2) is 11.5 Å². The molecule has 0 radical (unpaired) electrons. The fourth-order valence-electron chi connectivity index (χ4n) is 2.38. The van der Waals surface area contributed by atoms with E-state index in [1.165, 1.54) is 13.2 Å². The second-order valence-electron chi connectivity index (χ2n) is 5.35. The van der Waals surface area contributed by atoms with Crippen molar-refractivity contribution in [1.82, 2.24) is 5.32 Å². The molecule has 0 spiro atoms. The van der Waals surface area contributed by atoms with E-state index >= 15 is 0 Å². The summed E-state index contributed by atoms with van der Waals surface area (Å²) in [7, 11) is 1.48. The van der Waals surface area contributed by atoms with Gasteiger partial charge in [0.2, 0.25) is 0 Å². The van der Waals surface area contributed by atoms with Gasteiger partial charge in [-0.3, -0.25) is 4.79 Å². The van der Waals surface area contributed by atoms with Crippen LogP contribution in [0.25, 0.3) is 0 Å². The van der Waals surface area contributed by atoms with Crippen molar-refractivity contribution in [3.8, 4) is 11.5 Å². The Morgan fingerprint density at radius 3 is 2.44 bits per heavy atom. The standard InChI is InChI=1S/C19H21NO5/c1-3-25-16-10-9-14(12-17(16)24-2)18(21)20-15(19(22)23)11-13-7-5-4-6-8-13/h4-10,12,15H,3,11H2,1-2H3,(H,20,21)(H,22,23). The molecule has 6 nitrogen and oxygen atoms in total. The molecule has 2 aromatic rings. The molecule has 0 aliphatic carbocycles. The molecule has 6 heteroatoms. The third-order valence-electron chi connectivity index (χ3n) is 3.61. The van der Waals surface area contributed by atoms with Gasteiger partial charge >= 0.3 is 5.97 Å². The second-order valence-corrected chi connectivity index (χ2v) is 5.35. The maximum absolute atomic E-state index is 12.4. The normalized spacial score (nSPS) is 11.4. The highest BCUT2D eigenvalue weighted by Crippen LogP contribution is 2.28. The molecule has 25 heavy (non-hydrogen) atoms. The number of methoxy groups -OCH3 is 1. The lowest BCUT2D eigenvalue weighted by Crippen LogP contribution is -2.42. The van der Waals surface area contributed by atoms with Gasteiger partial charge in [0, 0.05) is 12.0 Å². The smallest absolute Gasteiger partial charge is 0.326 e. The van der Waals surface area contributed by atoms with Crippen LogP contribution in [0.15, 0.2) is 48.5 Å². The van der Waals surface area contributed by atoms with Gasteiger partial charge < -0.3 is 19.9 Å². The number of hydrogen-bond donors (Lipinski definition) is 2. The molecule has 132 valence electrons. The Morgan fingerprint density at radius 2 is 1.84 bits per heavy atom. The first kappa shape index (κ1) is 18.3. The highest BCUT2D eigenvalue weighted by atomic mass is 16.5. The van der Waals surface area contributed by atoms with Crippen LogP contribution < -0.4 is 14.8 Å². The van der Waals surface area contributed by atoms with Gasteiger partial charge in [-0.15, -0.1) is 0 Å². The number of amides is 1. The van der Waals surface area contributed by atoms with Gasteiger partial charge in [0.1, 0.15) is 6.04 Å². The Bertz CT molecular complexity index is 730. The van der Waals surface area contributed by atoms with E-state index in [2.05, 4.69) is 5.32 Å². The number of nitrogens with one attached hydrogen (secondary N) is 1. The van der Waals surface area contributed by atoms with Crippen LogP contribution in [0.1, 0.15) is 22.8 Å². The molecule has 0 heterocycles. The minimum Gasteiger partial charge on any atom is -0.493 e. The minimum atomic E-state index is -1.09. The quantitative estimate of drug-likeness (QED) is 0.769. The largest absolute Gasteiger partial charge is 0.493 e. The molecule has 0 bridgehead atoms. The lowest BCUT2D eigenvalue weighted by atomic mass is 10.1. The summed E-state index contributed by atoms with van der Waals surface area (Å²) >= 11 is 0. The average molecular weight is 343 g/mol. The maximum atomic E-state index is 12.4. The summed E-state index contributed by atoms with van der Waals surface area (Å²) < 4.78 is 10.6. The van der Waals surface area contributed by atoms with Crippen molar-refractivity contribution in [2.75, 3.05) is 13.7 Å². The van der Waals surface area contributed by atoms with Gasteiger partial charge in [0.05, 0.1) is 13.7 Å². The third kappa shape index (κ3) is 4.97. The first-order chi connectivity index (χ1) is 12.0. The number of benzene rings is 2. The van der Waals surface area contributed by atoms with E-state index in [9.17, 15) is 14.7 Å². The Labute approximate surface area is 146 Å². The van der Waals surface area contributed by atoms with Crippen LogP contribution in [0, 0.1) is 0 Å². The van der Waals surface area contributed by atoms with E-state index in [-0.39, 0.29) is 6.42 Å². The molecule has 2 aromatic carbocycles. The van der Waals surface area contributed by atoms with Gasteiger partial charge in [-0.25, -0.2) is 4.79 Å². The number of carboxylic acid groups (broad SMARTS) is 1. The summed E-state index contributed by atoms with van der Waals surface area (Å²) in [5, 5.41) is 11.9. The number of aliphatic carboxylic acids is 1. The van der Waals surface area contributed by atoms with Gasteiger partial charge in [-0.2, -0.15) is 0 Å². The molecular weight excluding hydrogens is 322 g/mol. The minimum absolute atomic E-state index is 0.204. The zero-order valence-corrected chi connectivity index (χ0v) is 14.2. The van der Waals surface area contributed by atoms with E-state index in [1.54, 1.807) is 12.1 Å². The zero-order valence-electron chi connectivity index (χ0n) is 14.2. The summed E-state index contributed by atoms with van der Waals surface area (Å²) in [5.41, 5.74) is 1.14. The Hall–Kier alpha value is -3.02. The molecule has 1 amide bonds. The van der Waals surface area contributed by atoms with E-state index < -0.39 is 17.9 Å². The van der Waals surface area contributed by atoms with E-state index in [0.29, 0.717) is 23.7 Å². The van der Waals surface area contributed by atoms with Gasteiger partial charge in [-0.1, -0.05) is 30.3 Å². The molecule has 1 atom stereocenters. The zero-order chi connectivity index (χ0) is 18.2.